The molecule has 0 unspecified atom stereocenters. The average Bonchev–Trinajstić information content (AvgIpc) is 2.75. The minimum Gasteiger partial charge on any atom is -0.335 e. The number of H-pyrrole nitrogens is 1. The van der Waals surface area contributed by atoms with E-state index in [1.807, 2.05) is 0 Å². The number of hydrogen-bond donors (Lipinski definition) is 1. The molecule has 1 N–H and O–H groups in total. The first-order valence-corrected chi connectivity index (χ1v) is 6.98. The summed E-state index contributed by atoms with van der Waals surface area (Å²) in [5.74, 6) is 1.39. The van der Waals surface area contributed by atoms with Crippen LogP contribution < -0.4 is 11.2 Å². The van der Waals surface area contributed by atoms with Crippen LogP contribution in [0.1, 0.15) is 26.6 Å². The molecule has 2 rings (SSSR count). The highest BCUT2D eigenvalue weighted by molar-refractivity contribution is 7.99. The quantitative estimate of drug-likeness (QED) is 0.891. The Morgan fingerprint density at radius 2 is 1.84 bits per heavy atom. The van der Waals surface area contributed by atoms with Crippen molar-refractivity contribution in [2.45, 2.75) is 31.3 Å². The number of nitrogens with one attached hydrogen (secondary N) is 1. The maximum Gasteiger partial charge on any atom is 0.332 e. The molecule has 104 valence electrons. The second kappa shape index (κ2) is 4.56. The normalized spacial score (nSPS) is 12.3. The summed E-state index contributed by atoms with van der Waals surface area (Å²) in [4.78, 5) is 31.2. The summed E-state index contributed by atoms with van der Waals surface area (Å²) in [5.41, 5.74) is 0.100. The lowest BCUT2D eigenvalue weighted by atomic mass is 10.3. The van der Waals surface area contributed by atoms with Gasteiger partial charge >= 0.3 is 5.69 Å². The van der Waals surface area contributed by atoms with Gasteiger partial charge in [-0.3, -0.25) is 13.9 Å². The number of rotatable bonds is 2. The first-order chi connectivity index (χ1) is 8.70. The second-order valence-electron chi connectivity index (χ2n) is 5.49. The molecule has 6 nitrogen and oxygen atoms in total. The molecular formula is C12H18N4O2S. The van der Waals surface area contributed by atoms with E-state index in [0.717, 1.165) is 4.57 Å². The summed E-state index contributed by atoms with van der Waals surface area (Å²) >= 11 is 1.73. The van der Waals surface area contributed by atoms with Gasteiger partial charge in [0.15, 0.2) is 5.65 Å². The SMILES string of the molecule is Cn1c(=O)c2[nH]c(CSC(C)(C)C)nc2n(C)c1=O. The fourth-order valence-corrected chi connectivity index (χ4v) is 2.43. The Hall–Kier alpha value is -1.50. The Morgan fingerprint density at radius 3 is 2.42 bits per heavy atom. The van der Waals surface area contributed by atoms with Gasteiger partial charge in [0.25, 0.3) is 5.56 Å². The molecule has 0 atom stereocenters. The maximum atomic E-state index is 12.0. The smallest absolute Gasteiger partial charge is 0.332 e. The van der Waals surface area contributed by atoms with E-state index < -0.39 is 0 Å². The summed E-state index contributed by atoms with van der Waals surface area (Å²) in [5, 5.41) is 0. The van der Waals surface area contributed by atoms with Crippen LogP contribution in [0, 0.1) is 0 Å². The molecule has 0 aliphatic heterocycles. The Labute approximate surface area is 114 Å². The molecule has 0 saturated carbocycles. The largest absolute Gasteiger partial charge is 0.335 e. The molecule has 7 heteroatoms. The summed E-state index contributed by atoms with van der Waals surface area (Å²) in [6.07, 6.45) is 0. The van der Waals surface area contributed by atoms with E-state index in [1.165, 1.54) is 11.6 Å². The molecular weight excluding hydrogens is 264 g/mol. The van der Waals surface area contributed by atoms with Crippen LogP contribution in [0.15, 0.2) is 9.59 Å². The third kappa shape index (κ3) is 2.60. The Bertz CT molecular complexity index is 733. The molecule has 0 fully saturated rings. The van der Waals surface area contributed by atoms with Crippen LogP contribution in [0.25, 0.3) is 11.2 Å². The summed E-state index contributed by atoms with van der Waals surface area (Å²) in [6.45, 7) is 6.36. The highest BCUT2D eigenvalue weighted by atomic mass is 32.2. The molecule has 19 heavy (non-hydrogen) atoms. The Kier molecular flexibility index (Phi) is 3.34. The third-order valence-corrected chi connectivity index (χ3v) is 4.07. The number of hydrogen-bond acceptors (Lipinski definition) is 4. The molecule has 0 aromatic carbocycles. The van der Waals surface area contributed by atoms with Crippen LogP contribution in [0.2, 0.25) is 0 Å². The van der Waals surface area contributed by atoms with Crippen LogP contribution in [0.4, 0.5) is 0 Å². The van der Waals surface area contributed by atoms with Crippen molar-refractivity contribution in [2.75, 3.05) is 0 Å². The summed E-state index contributed by atoms with van der Waals surface area (Å²) in [7, 11) is 3.08. The van der Waals surface area contributed by atoms with Crippen molar-refractivity contribution >= 4 is 22.9 Å². The van der Waals surface area contributed by atoms with Gasteiger partial charge in [0.2, 0.25) is 0 Å². The highest BCUT2D eigenvalue weighted by Crippen LogP contribution is 2.26. The monoisotopic (exact) mass is 282 g/mol. The van der Waals surface area contributed by atoms with E-state index in [0.29, 0.717) is 22.7 Å². The van der Waals surface area contributed by atoms with Gasteiger partial charge in [0.1, 0.15) is 11.3 Å². The molecule has 0 aliphatic carbocycles. The van der Waals surface area contributed by atoms with Crippen LogP contribution >= 0.6 is 11.8 Å². The van der Waals surface area contributed by atoms with Crippen molar-refractivity contribution in [3.05, 3.63) is 26.7 Å². The highest BCUT2D eigenvalue weighted by Gasteiger charge is 2.16. The minimum atomic E-state index is -0.362. The number of imidazole rings is 1. The summed E-state index contributed by atoms with van der Waals surface area (Å²) < 4.78 is 2.59. The molecule has 2 aromatic heterocycles. The molecule has 0 radical (unpaired) electrons. The van der Waals surface area contributed by atoms with Gasteiger partial charge in [0.05, 0.1) is 5.75 Å². The average molecular weight is 282 g/mol. The Morgan fingerprint density at radius 1 is 1.21 bits per heavy atom. The van der Waals surface area contributed by atoms with Crippen molar-refractivity contribution in [3.8, 4) is 0 Å². The van der Waals surface area contributed by atoms with Crippen molar-refractivity contribution in [1.29, 1.82) is 0 Å². The maximum absolute atomic E-state index is 12.0. The topological polar surface area (TPSA) is 72.7 Å². The van der Waals surface area contributed by atoms with Gasteiger partial charge in [-0.1, -0.05) is 20.8 Å². The second-order valence-corrected chi connectivity index (χ2v) is 7.29. The zero-order chi connectivity index (χ0) is 14.4. The number of aromatic amines is 1. The van der Waals surface area contributed by atoms with Gasteiger partial charge in [-0.15, -0.1) is 11.8 Å². The van der Waals surface area contributed by atoms with Gasteiger partial charge < -0.3 is 4.98 Å². The lowest BCUT2D eigenvalue weighted by Crippen LogP contribution is -2.36. The predicted octanol–water partition coefficient (Wildman–Crippen LogP) is 0.992. The molecule has 2 aromatic rings. The van der Waals surface area contributed by atoms with Gasteiger partial charge in [-0.2, -0.15) is 0 Å². The van der Waals surface area contributed by atoms with Crippen molar-refractivity contribution in [3.63, 3.8) is 0 Å². The molecule has 0 amide bonds. The van der Waals surface area contributed by atoms with Gasteiger partial charge in [-0.05, 0) is 0 Å². The first-order valence-electron chi connectivity index (χ1n) is 5.99. The standard InChI is InChI=1S/C12H18N4O2S/c1-12(2,3)19-6-7-13-8-9(14-7)15(4)11(18)16(5)10(8)17/h6H2,1-5H3,(H,13,14). The molecule has 2 heterocycles. The number of aromatic nitrogens is 4. The first kappa shape index (κ1) is 13.9. The third-order valence-electron chi connectivity index (χ3n) is 2.79. The van der Waals surface area contributed by atoms with Crippen LogP contribution in [-0.2, 0) is 19.8 Å². The molecule has 0 aliphatic rings. The lowest BCUT2D eigenvalue weighted by Gasteiger charge is -2.16. The van der Waals surface area contributed by atoms with Crippen LogP contribution in [0.3, 0.4) is 0 Å². The molecule has 0 spiro atoms. The van der Waals surface area contributed by atoms with E-state index in [9.17, 15) is 9.59 Å². The predicted molar refractivity (Wildman–Crippen MR) is 77.6 cm³/mol. The van der Waals surface area contributed by atoms with Crippen molar-refractivity contribution in [1.82, 2.24) is 19.1 Å². The Balaban J connectivity index is 2.53. The number of fused-ring (bicyclic) bond motifs is 1. The fourth-order valence-electron chi connectivity index (χ4n) is 1.73. The van der Waals surface area contributed by atoms with E-state index >= 15 is 0 Å². The molecule has 0 bridgehead atoms. The zero-order valence-corrected chi connectivity index (χ0v) is 12.6. The minimum absolute atomic E-state index is 0.121. The van der Waals surface area contributed by atoms with Crippen LogP contribution in [0.5, 0.6) is 0 Å². The number of aryl methyl sites for hydroxylation is 1. The number of thioether (sulfide) groups is 1. The fraction of sp³-hybridized carbons (Fsp3) is 0.583. The molecule has 0 saturated heterocycles. The zero-order valence-electron chi connectivity index (χ0n) is 11.8. The lowest BCUT2D eigenvalue weighted by molar-refractivity contribution is 0.708. The van der Waals surface area contributed by atoms with Gasteiger partial charge in [-0.25, -0.2) is 9.78 Å². The van der Waals surface area contributed by atoms with E-state index in [4.69, 9.17) is 0 Å². The van der Waals surface area contributed by atoms with E-state index in [2.05, 4.69) is 30.7 Å². The van der Waals surface area contributed by atoms with Crippen molar-refractivity contribution < 1.29 is 0 Å². The summed E-state index contributed by atoms with van der Waals surface area (Å²) in [6, 6.07) is 0. The van der Waals surface area contributed by atoms with E-state index in [1.54, 1.807) is 18.8 Å². The van der Waals surface area contributed by atoms with Gasteiger partial charge in [0, 0.05) is 18.8 Å². The van der Waals surface area contributed by atoms with E-state index in [-0.39, 0.29) is 16.0 Å². The van der Waals surface area contributed by atoms with Crippen LogP contribution in [-0.4, -0.2) is 23.8 Å². The van der Waals surface area contributed by atoms with Crippen molar-refractivity contribution in [2.24, 2.45) is 14.1 Å². The number of nitrogens with zero attached hydrogens (tertiary/aromatic N) is 3.